The molecule has 0 heterocycles. The van der Waals surface area contributed by atoms with Crippen molar-refractivity contribution in [3.63, 3.8) is 0 Å². The number of methoxy groups -OCH3 is 2. The SMILES string of the molecule is CC=C(C)C=CC=CC(OC)C(C)C(OC)C(C)CC. The van der Waals surface area contributed by atoms with E-state index in [0.717, 1.165) is 6.42 Å². The minimum Gasteiger partial charge on any atom is -0.381 e. The molecule has 0 saturated heterocycles. The van der Waals surface area contributed by atoms with Crippen molar-refractivity contribution in [1.29, 1.82) is 0 Å². The Labute approximate surface area is 125 Å². The Hall–Kier alpha value is -0.860. The van der Waals surface area contributed by atoms with Crippen molar-refractivity contribution in [2.45, 2.75) is 53.2 Å². The molecule has 0 bridgehead atoms. The Morgan fingerprint density at radius 1 is 1.10 bits per heavy atom. The summed E-state index contributed by atoms with van der Waals surface area (Å²) in [6, 6.07) is 0. The standard InChI is InChI=1S/C18H32O2/c1-8-14(3)12-10-11-13-17(19-6)16(5)18(20-7)15(4)9-2/h8,10-13,15-18H,9H2,1-7H3. The van der Waals surface area contributed by atoms with Crippen LogP contribution in [0.2, 0.25) is 0 Å². The van der Waals surface area contributed by atoms with Gasteiger partial charge in [-0.15, -0.1) is 0 Å². The summed E-state index contributed by atoms with van der Waals surface area (Å²) < 4.78 is 11.3. The van der Waals surface area contributed by atoms with E-state index in [4.69, 9.17) is 9.47 Å². The molecule has 2 nitrogen and oxygen atoms in total. The second-order valence-electron chi connectivity index (χ2n) is 5.42. The zero-order chi connectivity index (χ0) is 15.5. The van der Waals surface area contributed by atoms with Gasteiger partial charge in [0.2, 0.25) is 0 Å². The molecular weight excluding hydrogens is 248 g/mol. The molecule has 0 rings (SSSR count). The molecule has 0 aromatic carbocycles. The van der Waals surface area contributed by atoms with E-state index < -0.39 is 0 Å². The van der Waals surface area contributed by atoms with E-state index in [-0.39, 0.29) is 12.2 Å². The van der Waals surface area contributed by atoms with Crippen LogP contribution >= 0.6 is 0 Å². The zero-order valence-corrected chi connectivity index (χ0v) is 14.2. The third kappa shape index (κ3) is 6.53. The second kappa shape index (κ2) is 10.9. The highest BCUT2D eigenvalue weighted by atomic mass is 16.5. The monoisotopic (exact) mass is 280 g/mol. The first kappa shape index (κ1) is 19.1. The Balaban J connectivity index is 4.73. The molecule has 0 aliphatic heterocycles. The maximum absolute atomic E-state index is 5.67. The molecule has 0 aromatic heterocycles. The highest BCUT2D eigenvalue weighted by Gasteiger charge is 2.27. The summed E-state index contributed by atoms with van der Waals surface area (Å²) >= 11 is 0. The fourth-order valence-electron chi connectivity index (χ4n) is 2.33. The average Bonchev–Trinajstić information content (AvgIpc) is 2.47. The lowest BCUT2D eigenvalue weighted by molar-refractivity contribution is -0.0332. The molecule has 0 radical (unpaired) electrons. The molecule has 116 valence electrons. The van der Waals surface area contributed by atoms with Gasteiger partial charge >= 0.3 is 0 Å². The van der Waals surface area contributed by atoms with Crippen molar-refractivity contribution in [3.8, 4) is 0 Å². The van der Waals surface area contributed by atoms with Gasteiger partial charge < -0.3 is 9.47 Å². The summed E-state index contributed by atoms with van der Waals surface area (Å²) in [5.74, 6) is 0.856. The topological polar surface area (TPSA) is 18.5 Å². The quantitative estimate of drug-likeness (QED) is 0.566. The number of hydrogen-bond donors (Lipinski definition) is 0. The molecule has 0 aliphatic carbocycles. The van der Waals surface area contributed by atoms with Crippen LogP contribution in [0.4, 0.5) is 0 Å². The lowest BCUT2D eigenvalue weighted by atomic mass is 9.87. The summed E-state index contributed by atoms with van der Waals surface area (Å²) in [6.07, 6.45) is 11.8. The van der Waals surface area contributed by atoms with Gasteiger partial charge in [-0.3, -0.25) is 0 Å². The van der Waals surface area contributed by atoms with Crippen molar-refractivity contribution in [3.05, 3.63) is 36.0 Å². The van der Waals surface area contributed by atoms with Crippen LogP contribution in [0.5, 0.6) is 0 Å². The van der Waals surface area contributed by atoms with E-state index >= 15 is 0 Å². The number of allylic oxidation sites excluding steroid dienone is 5. The van der Waals surface area contributed by atoms with Gasteiger partial charge in [0.25, 0.3) is 0 Å². The predicted molar refractivity (Wildman–Crippen MR) is 87.9 cm³/mol. The normalized spacial score (nSPS) is 19.4. The summed E-state index contributed by atoms with van der Waals surface area (Å²) in [6.45, 7) is 10.8. The van der Waals surface area contributed by atoms with E-state index in [9.17, 15) is 0 Å². The van der Waals surface area contributed by atoms with Crippen LogP contribution in [0.3, 0.4) is 0 Å². The third-order valence-corrected chi connectivity index (χ3v) is 4.01. The Morgan fingerprint density at radius 2 is 1.75 bits per heavy atom. The summed E-state index contributed by atoms with van der Waals surface area (Å²) in [5, 5.41) is 0. The summed E-state index contributed by atoms with van der Waals surface area (Å²) in [4.78, 5) is 0. The number of ether oxygens (including phenoxy) is 2. The van der Waals surface area contributed by atoms with E-state index in [0.29, 0.717) is 11.8 Å². The Morgan fingerprint density at radius 3 is 2.20 bits per heavy atom. The molecule has 2 heteroatoms. The molecule has 0 aromatic rings. The summed E-state index contributed by atoms with van der Waals surface area (Å²) in [7, 11) is 3.55. The van der Waals surface area contributed by atoms with Gasteiger partial charge in [0, 0.05) is 20.1 Å². The highest BCUT2D eigenvalue weighted by molar-refractivity contribution is 5.20. The van der Waals surface area contributed by atoms with Crippen LogP contribution in [0.25, 0.3) is 0 Å². The molecule has 0 amide bonds. The average molecular weight is 280 g/mol. The molecule has 20 heavy (non-hydrogen) atoms. The van der Waals surface area contributed by atoms with Crippen LogP contribution in [0.1, 0.15) is 41.0 Å². The van der Waals surface area contributed by atoms with Gasteiger partial charge in [0.1, 0.15) is 0 Å². The lowest BCUT2D eigenvalue weighted by Gasteiger charge is -2.31. The lowest BCUT2D eigenvalue weighted by Crippen LogP contribution is -2.35. The molecule has 0 N–H and O–H groups in total. The second-order valence-corrected chi connectivity index (χ2v) is 5.42. The first-order valence-electron chi connectivity index (χ1n) is 7.55. The first-order chi connectivity index (χ1) is 9.51. The fraction of sp³-hybridized carbons (Fsp3) is 0.667. The smallest absolute Gasteiger partial charge is 0.0805 e. The van der Waals surface area contributed by atoms with E-state index in [2.05, 4.69) is 58.1 Å². The van der Waals surface area contributed by atoms with Gasteiger partial charge in [0.05, 0.1) is 12.2 Å². The minimum atomic E-state index is 0.0736. The molecule has 4 atom stereocenters. The van der Waals surface area contributed by atoms with Crippen molar-refractivity contribution in [2.75, 3.05) is 14.2 Å². The van der Waals surface area contributed by atoms with Gasteiger partial charge in [-0.1, -0.05) is 63.1 Å². The van der Waals surface area contributed by atoms with Crippen molar-refractivity contribution in [2.24, 2.45) is 11.8 Å². The van der Waals surface area contributed by atoms with E-state index in [1.807, 2.05) is 6.92 Å². The molecule has 0 spiro atoms. The van der Waals surface area contributed by atoms with Crippen LogP contribution in [-0.2, 0) is 9.47 Å². The molecular formula is C18H32O2. The van der Waals surface area contributed by atoms with Gasteiger partial charge in [-0.25, -0.2) is 0 Å². The van der Waals surface area contributed by atoms with Crippen LogP contribution in [0, 0.1) is 11.8 Å². The van der Waals surface area contributed by atoms with Crippen molar-refractivity contribution >= 4 is 0 Å². The van der Waals surface area contributed by atoms with Gasteiger partial charge in [-0.05, 0) is 19.8 Å². The maximum Gasteiger partial charge on any atom is 0.0805 e. The number of hydrogen-bond acceptors (Lipinski definition) is 2. The fourth-order valence-corrected chi connectivity index (χ4v) is 2.33. The van der Waals surface area contributed by atoms with Crippen molar-refractivity contribution in [1.82, 2.24) is 0 Å². The molecule has 0 saturated carbocycles. The highest BCUT2D eigenvalue weighted by Crippen LogP contribution is 2.24. The van der Waals surface area contributed by atoms with Crippen LogP contribution in [0.15, 0.2) is 36.0 Å². The largest absolute Gasteiger partial charge is 0.381 e. The first-order valence-corrected chi connectivity index (χ1v) is 7.55. The van der Waals surface area contributed by atoms with E-state index in [1.165, 1.54) is 5.57 Å². The van der Waals surface area contributed by atoms with E-state index in [1.54, 1.807) is 14.2 Å². The van der Waals surface area contributed by atoms with Crippen molar-refractivity contribution < 1.29 is 9.47 Å². The zero-order valence-electron chi connectivity index (χ0n) is 14.2. The van der Waals surface area contributed by atoms with Crippen LogP contribution in [-0.4, -0.2) is 26.4 Å². The number of rotatable bonds is 9. The minimum absolute atomic E-state index is 0.0736. The Bertz CT molecular complexity index is 328. The molecule has 0 fully saturated rings. The predicted octanol–water partition coefficient (Wildman–Crippen LogP) is 4.78. The molecule has 4 unspecified atom stereocenters. The van der Waals surface area contributed by atoms with Crippen LogP contribution < -0.4 is 0 Å². The maximum atomic E-state index is 5.67. The van der Waals surface area contributed by atoms with Gasteiger partial charge in [-0.2, -0.15) is 0 Å². The Kier molecular flexibility index (Phi) is 10.4. The third-order valence-electron chi connectivity index (χ3n) is 4.01. The molecule has 0 aliphatic rings. The summed E-state index contributed by atoms with van der Waals surface area (Å²) in [5.41, 5.74) is 1.26. The van der Waals surface area contributed by atoms with Gasteiger partial charge in [0.15, 0.2) is 0 Å².